The quantitative estimate of drug-likeness (QED) is 0.459. The molecule has 0 aromatic carbocycles. The van der Waals surface area contributed by atoms with E-state index in [0.717, 1.165) is 25.0 Å². The molecule has 0 fully saturated rings. The second-order valence-corrected chi connectivity index (χ2v) is 4.48. The highest BCUT2D eigenvalue weighted by Gasteiger charge is 2.08. The van der Waals surface area contributed by atoms with Gasteiger partial charge in [-0.1, -0.05) is 26.7 Å². The fourth-order valence-electron chi connectivity index (χ4n) is 1.42. The Morgan fingerprint density at radius 3 is 1.55 bits per heavy atom. The van der Waals surface area contributed by atoms with E-state index in [1.54, 1.807) is 0 Å². The lowest BCUT2D eigenvalue weighted by Gasteiger charge is -2.09. The molecule has 0 radical (unpaired) electrons. The molecule has 6 heteroatoms. The second-order valence-electron chi connectivity index (χ2n) is 4.48. The van der Waals surface area contributed by atoms with Crippen molar-refractivity contribution in [1.29, 1.82) is 0 Å². The van der Waals surface area contributed by atoms with E-state index in [2.05, 4.69) is 0 Å². The minimum Gasteiger partial charge on any atom is -0.460 e. The number of hydrogen-bond acceptors (Lipinski definition) is 6. The number of ether oxygens (including phenoxy) is 2. The molecule has 0 aromatic rings. The van der Waals surface area contributed by atoms with Crippen molar-refractivity contribution in [1.82, 2.24) is 0 Å². The van der Waals surface area contributed by atoms with Gasteiger partial charge in [-0.15, -0.1) is 0 Å². The van der Waals surface area contributed by atoms with E-state index in [1.807, 2.05) is 13.8 Å². The summed E-state index contributed by atoms with van der Waals surface area (Å²) >= 11 is 0. The van der Waals surface area contributed by atoms with Crippen LogP contribution in [0, 0.1) is 0 Å². The molecule has 0 saturated heterocycles. The highest BCUT2D eigenvalue weighted by molar-refractivity contribution is 5.91. The van der Waals surface area contributed by atoms with Gasteiger partial charge in [0.25, 0.3) is 0 Å². The molecule has 2 unspecified atom stereocenters. The molecule has 20 heavy (non-hydrogen) atoms. The summed E-state index contributed by atoms with van der Waals surface area (Å²) in [5.74, 6) is -1.43. The first kappa shape index (κ1) is 18.6. The number of carbonyl (C=O) groups is 2. The van der Waals surface area contributed by atoms with Crippen LogP contribution in [0.4, 0.5) is 0 Å². The number of aliphatic hydroxyl groups is 2. The number of hydrogen-bond donors (Lipinski definition) is 2. The Morgan fingerprint density at radius 1 is 0.900 bits per heavy atom. The highest BCUT2D eigenvalue weighted by atomic mass is 16.5. The van der Waals surface area contributed by atoms with E-state index in [4.69, 9.17) is 9.47 Å². The van der Waals surface area contributed by atoms with Crippen LogP contribution in [0.15, 0.2) is 12.2 Å². The van der Waals surface area contributed by atoms with Crippen molar-refractivity contribution in [2.45, 2.75) is 51.7 Å². The third kappa shape index (κ3) is 10.5. The van der Waals surface area contributed by atoms with E-state index in [9.17, 15) is 19.8 Å². The Kier molecular flexibility index (Phi) is 10.6. The van der Waals surface area contributed by atoms with Crippen LogP contribution in [0.1, 0.15) is 39.5 Å². The lowest BCUT2D eigenvalue weighted by Crippen LogP contribution is -2.18. The number of rotatable bonds is 10. The number of carbonyl (C=O) groups excluding carboxylic acids is 2. The normalized spacial score (nSPS) is 14.0. The molecule has 0 spiro atoms. The first-order valence-electron chi connectivity index (χ1n) is 6.87. The van der Waals surface area contributed by atoms with E-state index in [0.29, 0.717) is 12.8 Å². The monoisotopic (exact) mass is 288 g/mol. The van der Waals surface area contributed by atoms with Crippen LogP contribution >= 0.6 is 0 Å². The molecule has 0 rings (SSSR count). The largest absolute Gasteiger partial charge is 0.460 e. The molecule has 0 heterocycles. The van der Waals surface area contributed by atoms with Crippen LogP contribution in [-0.2, 0) is 19.1 Å². The maximum atomic E-state index is 11.2. The summed E-state index contributed by atoms with van der Waals surface area (Å²) in [4.78, 5) is 22.4. The average Bonchev–Trinajstić information content (AvgIpc) is 2.41. The molecule has 2 atom stereocenters. The first-order chi connectivity index (χ1) is 9.49. The maximum absolute atomic E-state index is 11.2. The Morgan fingerprint density at radius 2 is 1.25 bits per heavy atom. The molecule has 0 aliphatic heterocycles. The van der Waals surface area contributed by atoms with Crippen molar-refractivity contribution in [3.8, 4) is 0 Å². The van der Waals surface area contributed by atoms with Gasteiger partial charge in [-0.05, 0) is 12.8 Å². The van der Waals surface area contributed by atoms with E-state index >= 15 is 0 Å². The van der Waals surface area contributed by atoms with Crippen molar-refractivity contribution in [2.75, 3.05) is 13.2 Å². The Bertz CT molecular complexity index is 283. The topological polar surface area (TPSA) is 93.1 Å². The average molecular weight is 288 g/mol. The number of aliphatic hydroxyl groups excluding tert-OH is 2. The summed E-state index contributed by atoms with van der Waals surface area (Å²) in [5.41, 5.74) is 0. The summed E-state index contributed by atoms with van der Waals surface area (Å²) in [7, 11) is 0. The molecular formula is C14H24O6. The lowest BCUT2D eigenvalue weighted by atomic mass is 10.2. The standard InChI is InChI=1S/C14H24O6/c1-3-5-11(15)9-19-13(17)7-8-14(18)20-10-12(16)6-4-2/h7-8,11-12,15-16H,3-6,9-10H2,1-2H3/b8-7-. The molecule has 0 aliphatic rings. The van der Waals surface area contributed by atoms with Gasteiger partial charge in [0.05, 0.1) is 12.2 Å². The fourth-order valence-corrected chi connectivity index (χ4v) is 1.42. The molecule has 0 amide bonds. The third-order valence-corrected chi connectivity index (χ3v) is 2.44. The van der Waals surface area contributed by atoms with Crippen molar-refractivity contribution >= 4 is 11.9 Å². The predicted molar refractivity (Wildman–Crippen MR) is 72.9 cm³/mol. The summed E-state index contributed by atoms with van der Waals surface area (Å²) in [6.07, 6.45) is 3.19. The Hall–Kier alpha value is -1.40. The SMILES string of the molecule is CCCC(O)COC(=O)/C=C\C(=O)OCC(O)CCC. The van der Waals surface area contributed by atoms with Crippen LogP contribution in [-0.4, -0.2) is 47.6 Å². The molecule has 116 valence electrons. The zero-order valence-corrected chi connectivity index (χ0v) is 12.1. The molecule has 0 aliphatic carbocycles. The van der Waals surface area contributed by atoms with Gasteiger partial charge in [0.2, 0.25) is 0 Å². The zero-order valence-electron chi connectivity index (χ0n) is 12.1. The second kappa shape index (κ2) is 11.4. The Labute approximate surface area is 119 Å². The van der Waals surface area contributed by atoms with Crippen LogP contribution in [0.25, 0.3) is 0 Å². The summed E-state index contributed by atoms with van der Waals surface area (Å²) in [6, 6.07) is 0. The van der Waals surface area contributed by atoms with Crippen molar-refractivity contribution in [3.05, 3.63) is 12.2 Å². The van der Waals surface area contributed by atoms with Gasteiger partial charge in [-0.3, -0.25) is 0 Å². The van der Waals surface area contributed by atoms with Crippen LogP contribution in [0.5, 0.6) is 0 Å². The van der Waals surface area contributed by atoms with E-state index in [-0.39, 0.29) is 13.2 Å². The third-order valence-electron chi connectivity index (χ3n) is 2.44. The van der Waals surface area contributed by atoms with Gasteiger partial charge in [-0.25, -0.2) is 9.59 Å². The van der Waals surface area contributed by atoms with Crippen molar-refractivity contribution in [2.24, 2.45) is 0 Å². The molecule has 0 aromatic heterocycles. The summed E-state index contributed by atoms with van der Waals surface area (Å²) in [6.45, 7) is 3.63. The van der Waals surface area contributed by atoms with E-state index in [1.165, 1.54) is 0 Å². The minimum absolute atomic E-state index is 0.0960. The smallest absolute Gasteiger partial charge is 0.331 e. The summed E-state index contributed by atoms with van der Waals surface area (Å²) in [5, 5.41) is 18.7. The molecular weight excluding hydrogens is 264 g/mol. The van der Waals surface area contributed by atoms with Gasteiger partial charge >= 0.3 is 11.9 Å². The molecule has 0 bridgehead atoms. The van der Waals surface area contributed by atoms with Gasteiger partial charge in [0.1, 0.15) is 13.2 Å². The lowest BCUT2D eigenvalue weighted by molar-refractivity contribution is -0.143. The van der Waals surface area contributed by atoms with Crippen LogP contribution in [0.3, 0.4) is 0 Å². The van der Waals surface area contributed by atoms with Gasteiger partial charge < -0.3 is 19.7 Å². The van der Waals surface area contributed by atoms with Gasteiger partial charge in [0.15, 0.2) is 0 Å². The van der Waals surface area contributed by atoms with Crippen LogP contribution < -0.4 is 0 Å². The minimum atomic E-state index is -0.716. The van der Waals surface area contributed by atoms with E-state index < -0.39 is 24.1 Å². The Balaban J connectivity index is 3.85. The predicted octanol–water partition coefficient (Wildman–Crippen LogP) is 0.951. The van der Waals surface area contributed by atoms with Crippen molar-refractivity contribution < 1.29 is 29.3 Å². The molecule has 6 nitrogen and oxygen atoms in total. The molecule has 2 N–H and O–H groups in total. The van der Waals surface area contributed by atoms with Gasteiger partial charge in [0, 0.05) is 12.2 Å². The number of esters is 2. The first-order valence-corrected chi connectivity index (χ1v) is 6.87. The van der Waals surface area contributed by atoms with Crippen LogP contribution in [0.2, 0.25) is 0 Å². The highest BCUT2D eigenvalue weighted by Crippen LogP contribution is 1.98. The van der Waals surface area contributed by atoms with Gasteiger partial charge in [-0.2, -0.15) is 0 Å². The maximum Gasteiger partial charge on any atom is 0.331 e. The van der Waals surface area contributed by atoms with Crippen molar-refractivity contribution in [3.63, 3.8) is 0 Å². The zero-order chi connectivity index (χ0) is 15.4. The summed E-state index contributed by atoms with van der Waals surface area (Å²) < 4.78 is 9.48. The fraction of sp³-hybridized carbons (Fsp3) is 0.714. The molecule has 0 saturated carbocycles.